The highest BCUT2D eigenvalue weighted by atomic mass is 79.9. The fraction of sp³-hybridized carbons (Fsp3) is 0.696. The molecule has 6 rings (SSSR count). The minimum atomic E-state index is -0.856. The first-order valence-electron chi connectivity index (χ1n) is 10.8. The maximum Gasteiger partial charge on any atom is 0.335 e. The van der Waals surface area contributed by atoms with Crippen molar-refractivity contribution in [2.24, 2.45) is 16.7 Å². The monoisotopic (exact) mass is 446 g/mol. The van der Waals surface area contributed by atoms with Gasteiger partial charge in [0.2, 0.25) is 0 Å². The first-order valence-corrected chi connectivity index (χ1v) is 11.5. The summed E-state index contributed by atoms with van der Waals surface area (Å²) in [6.07, 6.45) is 8.43. The van der Waals surface area contributed by atoms with Gasteiger partial charge in [-0.1, -0.05) is 22.9 Å². The minimum Gasteiger partial charge on any atom is -0.478 e. The number of hydrogen-bond donors (Lipinski definition) is 1. The predicted octanol–water partition coefficient (Wildman–Crippen LogP) is 4.63. The van der Waals surface area contributed by atoms with Crippen LogP contribution in [0.25, 0.3) is 0 Å². The van der Waals surface area contributed by atoms with Crippen molar-refractivity contribution >= 4 is 27.6 Å². The number of anilines is 1. The number of benzene rings is 1. The third-order valence-corrected chi connectivity index (χ3v) is 8.69. The Kier molecular flexibility index (Phi) is 4.37. The fourth-order valence-corrected chi connectivity index (χ4v) is 9.37. The second-order valence-corrected chi connectivity index (χ2v) is 12.3. The summed E-state index contributed by atoms with van der Waals surface area (Å²) in [7, 11) is 0. The maximum absolute atomic E-state index is 11.1. The quantitative estimate of drug-likeness (QED) is 0.684. The van der Waals surface area contributed by atoms with Gasteiger partial charge in [0.25, 0.3) is 0 Å². The molecule has 5 fully saturated rings. The zero-order chi connectivity index (χ0) is 19.6. The Labute approximate surface area is 176 Å². The lowest BCUT2D eigenvalue weighted by atomic mass is 9.44. The molecule has 0 aromatic heterocycles. The summed E-state index contributed by atoms with van der Waals surface area (Å²) in [6, 6.07) is 7.34. The number of carbonyl (C=O) groups is 1. The molecule has 1 aromatic carbocycles. The molecule has 4 saturated carbocycles. The number of nitrogens with zero attached hydrogens (tertiary/aromatic N) is 2. The van der Waals surface area contributed by atoms with E-state index in [-0.39, 0.29) is 0 Å². The predicted molar refractivity (Wildman–Crippen MR) is 115 cm³/mol. The summed E-state index contributed by atoms with van der Waals surface area (Å²) >= 11 is 4.18. The van der Waals surface area contributed by atoms with Crippen LogP contribution in [0, 0.1) is 16.7 Å². The summed E-state index contributed by atoms with van der Waals surface area (Å²) in [6.45, 7) is 8.09. The summed E-state index contributed by atoms with van der Waals surface area (Å²) in [5, 5.41) is 9.08. The Morgan fingerprint density at radius 1 is 1.07 bits per heavy atom. The average Bonchev–Trinajstić information content (AvgIpc) is 2.59. The molecule has 4 unspecified atom stereocenters. The van der Waals surface area contributed by atoms with E-state index in [2.05, 4.69) is 32.7 Å². The standard InChI is InChI=1S/C23H31BrN2O2/c1-21-10-17-11-22(13-21,15-23(24,12-17)14-21)16-25-6-8-26(9-7-25)19-4-2-18(3-5-19)20(27)28/h2-5,17H,6-16H2,1H3,(H,27,28). The summed E-state index contributed by atoms with van der Waals surface area (Å²) in [4.78, 5) is 16.2. The third kappa shape index (κ3) is 3.39. The summed E-state index contributed by atoms with van der Waals surface area (Å²) in [5.41, 5.74) is 2.58. The normalized spacial score (nSPS) is 40.1. The number of piperazine rings is 1. The maximum atomic E-state index is 11.1. The highest BCUT2D eigenvalue weighted by Crippen LogP contribution is 2.68. The average molecular weight is 447 g/mol. The van der Waals surface area contributed by atoms with Crippen molar-refractivity contribution in [3.8, 4) is 0 Å². The SMILES string of the molecule is CC12CC3CC(Br)(C1)CC(CN1CCN(c4ccc(C(=O)O)cc4)CC1)(C3)C2. The Hall–Kier alpha value is -1.07. The molecule has 0 amide bonds. The van der Waals surface area contributed by atoms with Gasteiger partial charge in [0.05, 0.1) is 5.56 Å². The largest absolute Gasteiger partial charge is 0.478 e. The molecule has 1 N–H and O–H groups in total. The summed E-state index contributed by atoms with van der Waals surface area (Å²) in [5.74, 6) is 0.0693. The molecule has 28 heavy (non-hydrogen) atoms. The van der Waals surface area contributed by atoms with Gasteiger partial charge in [-0.15, -0.1) is 0 Å². The molecule has 4 aliphatic carbocycles. The first-order chi connectivity index (χ1) is 13.3. The lowest BCUT2D eigenvalue weighted by Gasteiger charge is -2.65. The van der Waals surface area contributed by atoms with Crippen molar-refractivity contribution in [3.05, 3.63) is 29.8 Å². The molecular formula is C23H31BrN2O2. The van der Waals surface area contributed by atoms with E-state index >= 15 is 0 Å². The van der Waals surface area contributed by atoms with Crippen molar-refractivity contribution in [3.63, 3.8) is 0 Å². The van der Waals surface area contributed by atoms with Crippen molar-refractivity contribution in [2.75, 3.05) is 37.6 Å². The van der Waals surface area contributed by atoms with Crippen molar-refractivity contribution in [1.29, 1.82) is 0 Å². The number of carboxylic acid groups (broad SMARTS) is 1. The van der Waals surface area contributed by atoms with E-state index in [1.165, 1.54) is 45.1 Å². The smallest absolute Gasteiger partial charge is 0.335 e. The molecule has 0 spiro atoms. The van der Waals surface area contributed by atoms with Crippen LogP contribution in [-0.4, -0.2) is 53.0 Å². The van der Waals surface area contributed by atoms with Gasteiger partial charge in [-0.05, 0) is 79.5 Å². The molecule has 5 heteroatoms. The van der Waals surface area contributed by atoms with Gasteiger partial charge in [0, 0.05) is 42.7 Å². The number of carboxylic acids is 1. The fourth-order valence-electron chi connectivity index (χ4n) is 7.64. The van der Waals surface area contributed by atoms with E-state index in [4.69, 9.17) is 5.11 Å². The summed E-state index contributed by atoms with van der Waals surface area (Å²) < 4.78 is 0.412. The van der Waals surface area contributed by atoms with Crippen molar-refractivity contribution in [1.82, 2.24) is 4.90 Å². The van der Waals surface area contributed by atoms with E-state index in [1.807, 2.05) is 12.1 Å². The van der Waals surface area contributed by atoms with Crippen LogP contribution in [0.5, 0.6) is 0 Å². The molecule has 4 nitrogen and oxygen atoms in total. The van der Waals surface area contributed by atoms with Crippen molar-refractivity contribution in [2.45, 2.75) is 49.8 Å². The van der Waals surface area contributed by atoms with E-state index in [0.717, 1.165) is 37.8 Å². The molecule has 1 aliphatic heterocycles. The topological polar surface area (TPSA) is 43.8 Å². The van der Waals surface area contributed by atoms with Gasteiger partial charge in [-0.3, -0.25) is 4.90 Å². The molecular weight excluding hydrogens is 416 g/mol. The van der Waals surface area contributed by atoms with E-state index < -0.39 is 5.97 Å². The van der Waals surface area contributed by atoms with Crippen LogP contribution in [0.3, 0.4) is 0 Å². The number of aromatic carboxylic acids is 1. The second kappa shape index (κ2) is 6.46. The van der Waals surface area contributed by atoms with Crippen LogP contribution in [0.15, 0.2) is 24.3 Å². The molecule has 152 valence electrons. The van der Waals surface area contributed by atoms with Gasteiger partial charge in [0.1, 0.15) is 0 Å². The zero-order valence-electron chi connectivity index (χ0n) is 16.8. The Morgan fingerprint density at radius 2 is 1.79 bits per heavy atom. The zero-order valence-corrected chi connectivity index (χ0v) is 18.4. The molecule has 1 saturated heterocycles. The van der Waals surface area contributed by atoms with Gasteiger partial charge in [-0.25, -0.2) is 4.79 Å². The van der Waals surface area contributed by atoms with Crippen LogP contribution in [0.2, 0.25) is 0 Å². The third-order valence-electron chi connectivity index (χ3n) is 7.81. The first kappa shape index (κ1) is 18.9. The Morgan fingerprint density at radius 3 is 2.39 bits per heavy atom. The van der Waals surface area contributed by atoms with Crippen LogP contribution in [-0.2, 0) is 0 Å². The minimum absolute atomic E-state index is 0.362. The van der Waals surface area contributed by atoms with Gasteiger partial charge in [0.15, 0.2) is 0 Å². The number of rotatable bonds is 4. The molecule has 4 bridgehead atoms. The Balaban J connectivity index is 1.23. The number of hydrogen-bond acceptors (Lipinski definition) is 3. The second-order valence-electron chi connectivity index (χ2n) is 10.6. The van der Waals surface area contributed by atoms with E-state index in [0.29, 0.717) is 20.7 Å². The molecule has 0 radical (unpaired) electrons. The van der Waals surface area contributed by atoms with Gasteiger partial charge < -0.3 is 10.0 Å². The highest BCUT2D eigenvalue weighted by molar-refractivity contribution is 9.10. The lowest BCUT2D eigenvalue weighted by Crippen LogP contribution is -2.61. The highest BCUT2D eigenvalue weighted by Gasteiger charge is 2.61. The Bertz CT molecular complexity index is 753. The van der Waals surface area contributed by atoms with E-state index in [9.17, 15) is 4.79 Å². The van der Waals surface area contributed by atoms with Crippen LogP contribution >= 0.6 is 15.9 Å². The molecule has 4 atom stereocenters. The molecule has 1 heterocycles. The number of alkyl halides is 1. The van der Waals surface area contributed by atoms with Crippen molar-refractivity contribution < 1.29 is 9.90 Å². The lowest BCUT2D eigenvalue weighted by molar-refractivity contribution is -0.0983. The molecule has 1 aromatic rings. The molecule has 5 aliphatic rings. The van der Waals surface area contributed by atoms with Gasteiger partial charge in [-0.2, -0.15) is 0 Å². The van der Waals surface area contributed by atoms with Crippen LogP contribution in [0.1, 0.15) is 55.8 Å². The number of halogens is 1. The van der Waals surface area contributed by atoms with Crippen LogP contribution < -0.4 is 4.90 Å². The van der Waals surface area contributed by atoms with E-state index in [1.54, 1.807) is 12.1 Å². The van der Waals surface area contributed by atoms with Crippen LogP contribution in [0.4, 0.5) is 5.69 Å². The van der Waals surface area contributed by atoms with Gasteiger partial charge >= 0.3 is 5.97 Å².